The lowest BCUT2D eigenvalue weighted by molar-refractivity contribution is -0.127. The zero-order chi connectivity index (χ0) is 23.6. The number of halogens is 1. The SMILES string of the molecule is NC(=O)C1=C(O)C2C(=O)C3=C(O)c4c(O)ccc(-c5ccc(Cl)nc5)c4CC3CC2CC1=O. The second kappa shape index (κ2) is 7.45. The molecule has 3 atom stereocenters. The molecule has 0 bridgehead atoms. The van der Waals surface area contributed by atoms with E-state index in [2.05, 4.69) is 4.98 Å². The lowest BCUT2D eigenvalue weighted by atomic mass is 9.61. The van der Waals surface area contributed by atoms with E-state index in [4.69, 9.17) is 17.3 Å². The van der Waals surface area contributed by atoms with Crippen LogP contribution in [-0.2, 0) is 20.8 Å². The topological polar surface area (TPSA) is 151 Å². The number of Topliss-reactive ketones (excluding diaryl/α,β-unsaturated/α-hetero) is 2. The Balaban J connectivity index is 1.67. The number of hydrogen-bond donors (Lipinski definition) is 4. The number of ketones is 2. The molecule has 8 nitrogen and oxygen atoms in total. The molecule has 33 heavy (non-hydrogen) atoms. The predicted molar refractivity (Wildman–Crippen MR) is 118 cm³/mol. The van der Waals surface area contributed by atoms with Crippen molar-refractivity contribution in [2.24, 2.45) is 23.5 Å². The molecule has 1 aromatic heterocycles. The van der Waals surface area contributed by atoms with Crippen LogP contribution in [-0.4, -0.2) is 37.8 Å². The Kier molecular flexibility index (Phi) is 4.79. The predicted octanol–water partition coefficient (Wildman–Crippen LogP) is 3.02. The summed E-state index contributed by atoms with van der Waals surface area (Å²) in [5.74, 6) is -5.52. The van der Waals surface area contributed by atoms with Gasteiger partial charge < -0.3 is 21.1 Å². The van der Waals surface area contributed by atoms with Gasteiger partial charge in [0, 0.05) is 23.8 Å². The van der Waals surface area contributed by atoms with Crippen LogP contribution in [0.3, 0.4) is 0 Å². The third-order valence-electron chi connectivity index (χ3n) is 6.81. The Morgan fingerprint density at radius 1 is 1.09 bits per heavy atom. The Morgan fingerprint density at radius 2 is 1.85 bits per heavy atom. The van der Waals surface area contributed by atoms with Crippen LogP contribution < -0.4 is 5.73 Å². The largest absolute Gasteiger partial charge is 0.511 e. The number of carbonyl (C=O) groups excluding carboxylic acids is 3. The molecule has 3 aliphatic rings. The molecule has 1 amide bonds. The van der Waals surface area contributed by atoms with E-state index in [0.717, 1.165) is 11.1 Å². The number of allylic oxidation sites excluding steroid dienone is 2. The maximum atomic E-state index is 13.4. The van der Waals surface area contributed by atoms with Crippen molar-refractivity contribution in [2.75, 3.05) is 0 Å². The first kappa shape index (κ1) is 21.2. The van der Waals surface area contributed by atoms with E-state index >= 15 is 0 Å². The average Bonchev–Trinajstić information content (AvgIpc) is 2.74. The first-order chi connectivity index (χ1) is 15.7. The Labute approximate surface area is 193 Å². The summed E-state index contributed by atoms with van der Waals surface area (Å²) in [7, 11) is 0. The molecule has 1 aromatic carbocycles. The van der Waals surface area contributed by atoms with Crippen LogP contribution in [0.4, 0.5) is 0 Å². The average molecular weight is 467 g/mol. The normalized spacial score (nSPS) is 24.3. The monoisotopic (exact) mass is 466 g/mol. The van der Waals surface area contributed by atoms with Crippen molar-refractivity contribution in [3.63, 3.8) is 0 Å². The third kappa shape index (κ3) is 3.13. The number of rotatable bonds is 2. The molecule has 1 saturated carbocycles. The summed E-state index contributed by atoms with van der Waals surface area (Å²) in [5, 5.41) is 32.6. The number of fused-ring (bicyclic) bond motifs is 3. The van der Waals surface area contributed by atoms with Gasteiger partial charge in [-0.25, -0.2) is 4.98 Å². The molecule has 5 rings (SSSR count). The number of pyridine rings is 1. The van der Waals surface area contributed by atoms with Crippen LogP contribution in [0.25, 0.3) is 16.9 Å². The molecule has 168 valence electrons. The van der Waals surface area contributed by atoms with Gasteiger partial charge in [0.1, 0.15) is 28.0 Å². The van der Waals surface area contributed by atoms with E-state index in [-0.39, 0.29) is 29.1 Å². The molecular weight excluding hydrogens is 448 g/mol. The second-order valence-electron chi connectivity index (χ2n) is 8.61. The Bertz CT molecular complexity index is 1310. The van der Waals surface area contributed by atoms with E-state index in [1.807, 2.05) is 0 Å². The number of aliphatic hydroxyl groups is 2. The summed E-state index contributed by atoms with van der Waals surface area (Å²) in [4.78, 5) is 41.6. The summed E-state index contributed by atoms with van der Waals surface area (Å²) >= 11 is 5.90. The Hall–Kier alpha value is -3.65. The van der Waals surface area contributed by atoms with Gasteiger partial charge in [-0.05, 0) is 54.0 Å². The zero-order valence-electron chi connectivity index (χ0n) is 17.2. The molecule has 3 unspecified atom stereocenters. The molecule has 5 N–H and O–H groups in total. The van der Waals surface area contributed by atoms with Crippen molar-refractivity contribution in [3.05, 3.63) is 63.6 Å². The number of carbonyl (C=O) groups is 3. The molecule has 3 aliphatic carbocycles. The van der Waals surface area contributed by atoms with Gasteiger partial charge in [0.05, 0.1) is 11.5 Å². The Morgan fingerprint density at radius 3 is 2.52 bits per heavy atom. The fourth-order valence-corrected chi connectivity index (χ4v) is 5.56. The van der Waals surface area contributed by atoms with E-state index < -0.39 is 46.6 Å². The molecule has 9 heteroatoms. The first-order valence-corrected chi connectivity index (χ1v) is 10.8. The number of nitrogens with zero attached hydrogens (tertiary/aromatic N) is 1. The molecule has 2 aromatic rings. The van der Waals surface area contributed by atoms with Crippen LogP contribution in [0.5, 0.6) is 5.75 Å². The number of primary amides is 1. The quantitative estimate of drug-likeness (QED) is 0.392. The molecule has 0 aliphatic heterocycles. The van der Waals surface area contributed by atoms with Crippen molar-refractivity contribution < 1.29 is 29.7 Å². The fourth-order valence-electron chi connectivity index (χ4n) is 5.45. The van der Waals surface area contributed by atoms with Crippen molar-refractivity contribution >= 4 is 34.8 Å². The number of aromatic nitrogens is 1. The lowest BCUT2D eigenvalue weighted by Crippen LogP contribution is -2.44. The smallest absolute Gasteiger partial charge is 0.255 e. The zero-order valence-corrected chi connectivity index (χ0v) is 18.0. The maximum Gasteiger partial charge on any atom is 0.255 e. The van der Waals surface area contributed by atoms with Gasteiger partial charge in [0.2, 0.25) is 0 Å². The molecule has 0 spiro atoms. The number of hydrogen-bond acceptors (Lipinski definition) is 7. The van der Waals surface area contributed by atoms with Gasteiger partial charge >= 0.3 is 0 Å². The van der Waals surface area contributed by atoms with Gasteiger partial charge in [0.15, 0.2) is 11.6 Å². The van der Waals surface area contributed by atoms with E-state index in [1.54, 1.807) is 24.4 Å². The molecule has 0 saturated heterocycles. The number of benzene rings is 1. The summed E-state index contributed by atoms with van der Waals surface area (Å²) in [6.45, 7) is 0. The van der Waals surface area contributed by atoms with Crippen LogP contribution in [0.1, 0.15) is 24.0 Å². The maximum absolute atomic E-state index is 13.4. The highest BCUT2D eigenvalue weighted by atomic mass is 35.5. The van der Waals surface area contributed by atoms with E-state index in [1.165, 1.54) is 6.07 Å². The van der Waals surface area contributed by atoms with Crippen molar-refractivity contribution in [3.8, 4) is 16.9 Å². The van der Waals surface area contributed by atoms with Crippen LogP contribution in [0, 0.1) is 17.8 Å². The number of phenolic OH excluding ortho intramolecular Hbond substituents is 1. The minimum absolute atomic E-state index is 0.0788. The van der Waals surface area contributed by atoms with Crippen LogP contribution in [0.15, 0.2) is 47.4 Å². The highest BCUT2D eigenvalue weighted by molar-refractivity contribution is 6.29. The highest BCUT2D eigenvalue weighted by Gasteiger charge is 2.50. The lowest BCUT2D eigenvalue weighted by Gasteiger charge is -2.41. The highest BCUT2D eigenvalue weighted by Crippen LogP contribution is 2.51. The summed E-state index contributed by atoms with van der Waals surface area (Å²) in [5.41, 5.74) is 7.01. The summed E-state index contributed by atoms with van der Waals surface area (Å²) in [6.07, 6.45) is 2.16. The number of aromatic hydroxyl groups is 1. The number of aliphatic hydroxyl groups excluding tert-OH is 2. The fraction of sp³-hybridized carbons (Fsp3) is 0.250. The molecule has 0 radical (unpaired) electrons. The molecule has 1 heterocycles. The van der Waals surface area contributed by atoms with Crippen molar-refractivity contribution in [1.82, 2.24) is 4.98 Å². The third-order valence-corrected chi connectivity index (χ3v) is 7.03. The molecular formula is C24H19ClN2O6. The van der Waals surface area contributed by atoms with Gasteiger partial charge in [0.25, 0.3) is 5.91 Å². The second-order valence-corrected chi connectivity index (χ2v) is 9.00. The van der Waals surface area contributed by atoms with Crippen LogP contribution >= 0.6 is 11.6 Å². The van der Waals surface area contributed by atoms with Crippen molar-refractivity contribution in [2.45, 2.75) is 19.3 Å². The van der Waals surface area contributed by atoms with E-state index in [9.17, 15) is 29.7 Å². The number of nitrogens with two attached hydrogens (primary N) is 1. The summed E-state index contributed by atoms with van der Waals surface area (Å²) in [6, 6.07) is 6.54. The van der Waals surface area contributed by atoms with Gasteiger partial charge in [-0.1, -0.05) is 17.7 Å². The van der Waals surface area contributed by atoms with Crippen LogP contribution in [0.2, 0.25) is 5.15 Å². The van der Waals surface area contributed by atoms with Gasteiger partial charge in [-0.2, -0.15) is 0 Å². The minimum atomic E-state index is -1.13. The summed E-state index contributed by atoms with van der Waals surface area (Å²) < 4.78 is 0. The first-order valence-electron chi connectivity index (χ1n) is 10.4. The minimum Gasteiger partial charge on any atom is -0.511 e. The number of amides is 1. The van der Waals surface area contributed by atoms with Gasteiger partial charge in [-0.15, -0.1) is 0 Å². The van der Waals surface area contributed by atoms with Crippen molar-refractivity contribution in [1.29, 1.82) is 0 Å². The van der Waals surface area contributed by atoms with Gasteiger partial charge in [-0.3, -0.25) is 14.4 Å². The molecule has 1 fully saturated rings. The standard InChI is InChI=1S/C24H19ClN2O6/c25-16-4-1-9(8-27-16)12-2-3-14(28)19-13(12)6-10-5-11-7-15(29)20(24(26)33)23(32)18(11)21(30)17(10)22(19)31/h1-4,8,10-11,18,28,31-32H,5-7H2,(H2,26,33). The van der Waals surface area contributed by atoms with E-state index in [0.29, 0.717) is 23.6 Å². The number of phenols is 1.